The minimum Gasteiger partial charge on any atom is -0.356 e. The van der Waals surface area contributed by atoms with Crippen LogP contribution in [0.4, 0.5) is 0 Å². The Bertz CT molecular complexity index is 686. The minimum atomic E-state index is -0.0249. The van der Waals surface area contributed by atoms with E-state index in [0.717, 1.165) is 22.6 Å². The zero-order chi connectivity index (χ0) is 17.1. The highest BCUT2D eigenvalue weighted by Gasteiger charge is 2.21. The molecule has 1 heterocycles. The van der Waals surface area contributed by atoms with Gasteiger partial charge in [-0.1, -0.05) is 42.8 Å². The van der Waals surface area contributed by atoms with Crippen molar-refractivity contribution in [3.63, 3.8) is 0 Å². The SMILES string of the molecule is Cc1ccc(-c2cc(CN(C(=O)C(C)C)C(C)C)no2)c(C)c1. The van der Waals surface area contributed by atoms with Crippen LogP contribution in [0.1, 0.15) is 44.5 Å². The van der Waals surface area contributed by atoms with Crippen LogP contribution in [-0.4, -0.2) is 22.0 Å². The van der Waals surface area contributed by atoms with E-state index in [0.29, 0.717) is 6.54 Å². The van der Waals surface area contributed by atoms with Crippen molar-refractivity contribution in [2.45, 2.75) is 54.1 Å². The van der Waals surface area contributed by atoms with Crippen LogP contribution >= 0.6 is 0 Å². The van der Waals surface area contributed by atoms with Gasteiger partial charge in [-0.05, 0) is 33.3 Å². The Morgan fingerprint density at radius 1 is 1.17 bits per heavy atom. The second-order valence-corrected chi connectivity index (χ2v) is 6.72. The lowest BCUT2D eigenvalue weighted by Gasteiger charge is -2.27. The maximum atomic E-state index is 12.3. The van der Waals surface area contributed by atoms with Gasteiger partial charge in [0.25, 0.3) is 0 Å². The summed E-state index contributed by atoms with van der Waals surface area (Å²) in [4.78, 5) is 14.2. The number of nitrogens with zero attached hydrogens (tertiary/aromatic N) is 2. The molecule has 23 heavy (non-hydrogen) atoms. The Balaban J connectivity index is 2.23. The summed E-state index contributed by atoms with van der Waals surface area (Å²) in [6.07, 6.45) is 0. The molecule has 0 bridgehead atoms. The fraction of sp³-hybridized carbons (Fsp3) is 0.474. The molecule has 0 atom stereocenters. The average Bonchev–Trinajstić information content (AvgIpc) is 2.92. The molecule has 4 heteroatoms. The number of carbonyl (C=O) groups excluding carboxylic acids is 1. The maximum absolute atomic E-state index is 12.3. The number of rotatable bonds is 5. The topological polar surface area (TPSA) is 46.3 Å². The van der Waals surface area contributed by atoms with E-state index in [1.165, 1.54) is 5.56 Å². The molecule has 0 saturated carbocycles. The van der Waals surface area contributed by atoms with Crippen LogP contribution in [0.15, 0.2) is 28.8 Å². The van der Waals surface area contributed by atoms with E-state index in [1.807, 2.05) is 38.7 Å². The lowest BCUT2D eigenvalue weighted by molar-refractivity contribution is -0.136. The molecular weight excluding hydrogens is 288 g/mol. The van der Waals surface area contributed by atoms with Crippen LogP contribution in [0.5, 0.6) is 0 Å². The fourth-order valence-electron chi connectivity index (χ4n) is 2.62. The van der Waals surface area contributed by atoms with E-state index >= 15 is 0 Å². The van der Waals surface area contributed by atoms with Crippen molar-refractivity contribution in [1.29, 1.82) is 0 Å². The van der Waals surface area contributed by atoms with Crippen LogP contribution < -0.4 is 0 Å². The summed E-state index contributed by atoms with van der Waals surface area (Å²) in [5, 5.41) is 4.15. The Morgan fingerprint density at radius 3 is 2.43 bits per heavy atom. The number of hydrogen-bond donors (Lipinski definition) is 0. The largest absolute Gasteiger partial charge is 0.356 e. The molecule has 2 rings (SSSR count). The molecule has 0 unspecified atom stereocenters. The second-order valence-electron chi connectivity index (χ2n) is 6.72. The van der Waals surface area contributed by atoms with Crippen molar-refractivity contribution < 1.29 is 9.32 Å². The number of carbonyl (C=O) groups is 1. The van der Waals surface area contributed by atoms with Gasteiger partial charge in [0.2, 0.25) is 5.91 Å². The van der Waals surface area contributed by atoms with Crippen LogP contribution in [0.3, 0.4) is 0 Å². The quantitative estimate of drug-likeness (QED) is 0.824. The van der Waals surface area contributed by atoms with E-state index < -0.39 is 0 Å². The van der Waals surface area contributed by atoms with E-state index in [4.69, 9.17) is 4.52 Å². The van der Waals surface area contributed by atoms with Crippen molar-refractivity contribution >= 4 is 5.91 Å². The predicted molar refractivity (Wildman–Crippen MR) is 91.9 cm³/mol. The maximum Gasteiger partial charge on any atom is 0.225 e. The van der Waals surface area contributed by atoms with Gasteiger partial charge in [-0.15, -0.1) is 0 Å². The molecule has 0 aliphatic carbocycles. The van der Waals surface area contributed by atoms with Crippen molar-refractivity contribution in [1.82, 2.24) is 10.1 Å². The highest BCUT2D eigenvalue weighted by Crippen LogP contribution is 2.25. The summed E-state index contributed by atoms with van der Waals surface area (Å²) in [7, 11) is 0. The summed E-state index contributed by atoms with van der Waals surface area (Å²) in [6.45, 7) is 12.5. The Hall–Kier alpha value is -2.10. The predicted octanol–water partition coefficient (Wildman–Crippen LogP) is 4.35. The molecule has 124 valence electrons. The van der Waals surface area contributed by atoms with Gasteiger partial charge in [-0.25, -0.2) is 0 Å². The second kappa shape index (κ2) is 6.99. The first kappa shape index (κ1) is 17.3. The number of hydrogen-bond acceptors (Lipinski definition) is 3. The molecular formula is C19H26N2O2. The van der Waals surface area contributed by atoms with Crippen LogP contribution in [0.25, 0.3) is 11.3 Å². The summed E-state index contributed by atoms with van der Waals surface area (Å²) in [5.74, 6) is 0.859. The zero-order valence-electron chi connectivity index (χ0n) is 14.9. The fourth-order valence-corrected chi connectivity index (χ4v) is 2.62. The number of benzene rings is 1. The van der Waals surface area contributed by atoms with Gasteiger partial charge in [0, 0.05) is 23.6 Å². The Kier molecular flexibility index (Phi) is 5.24. The van der Waals surface area contributed by atoms with E-state index in [2.05, 4.69) is 37.2 Å². The molecule has 0 radical (unpaired) electrons. The van der Waals surface area contributed by atoms with Crippen LogP contribution in [0.2, 0.25) is 0 Å². The number of aromatic nitrogens is 1. The van der Waals surface area contributed by atoms with E-state index in [9.17, 15) is 4.79 Å². The molecule has 0 spiro atoms. The summed E-state index contributed by atoms with van der Waals surface area (Å²) in [6, 6.07) is 8.30. The van der Waals surface area contributed by atoms with Crippen LogP contribution in [0, 0.1) is 19.8 Å². The molecule has 4 nitrogen and oxygen atoms in total. The molecule has 2 aromatic rings. The third kappa shape index (κ3) is 4.01. The molecule has 0 saturated heterocycles. The molecule has 0 N–H and O–H groups in total. The lowest BCUT2D eigenvalue weighted by atomic mass is 10.0. The highest BCUT2D eigenvalue weighted by atomic mass is 16.5. The van der Waals surface area contributed by atoms with Gasteiger partial charge in [-0.3, -0.25) is 4.79 Å². The van der Waals surface area contributed by atoms with Crippen molar-refractivity contribution in [2.24, 2.45) is 5.92 Å². The van der Waals surface area contributed by atoms with Gasteiger partial charge in [0.1, 0.15) is 5.69 Å². The summed E-state index contributed by atoms with van der Waals surface area (Å²) in [5.41, 5.74) is 4.20. The lowest BCUT2D eigenvalue weighted by Crippen LogP contribution is -2.39. The Morgan fingerprint density at radius 2 is 1.87 bits per heavy atom. The monoisotopic (exact) mass is 314 g/mol. The van der Waals surface area contributed by atoms with Crippen molar-refractivity contribution in [2.75, 3.05) is 0 Å². The molecule has 0 fully saturated rings. The number of amides is 1. The summed E-state index contributed by atoms with van der Waals surface area (Å²) < 4.78 is 5.50. The van der Waals surface area contributed by atoms with Gasteiger partial charge in [0.15, 0.2) is 5.76 Å². The first-order chi connectivity index (χ1) is 10.8. The van der Waals surface area contributed by atoms with Gasteiger partial charge >= 0.3 is 0 Å². The number of aryl methyl sites for hydroxylation is 2. The molecule has 1 aromatic heterocycles. The summed E-state index contributed by atoms with van der Waals surface area (Å²) >= 11 is 0. The molecule has 0 aliphatic rings. The third-order valence-corrected chi connectivity index (χ3v) is 3.94. The molecule has 0 aliphatic heterocycles. The normalized spacial score (nSPS) is 11.3. The highest BCUT2D eigenvalue weighted by molar-refractivity contribution is 5.78. The standard InChI is InChI=1S/C19H26N2O2/c1-12(2)19(22)21(13(3)4)11-16-10-18(23-20-16)17-8-7-14(5)9-15(17)6/h7-10,12-13H,11H2,1-6H3. The molecule has 1 amide bonds. The van der Waals surface area contributed by atoms with E-state index in [-0.39, 0.29) is 17.9 Å². The first-order valence-electron chi connectivity index (χ1n) is 8.13. The van der Waals surface area contributed by atoms with Crippen molar-refractivity contribution in [3.8, 4) is 11.3 Å². The smallest absolute Gasteiger partial charge is 0.225 e. The van der Waals surface area contributed by atoms with E-state index in [1.54, 1.807) is 0 Å². The van der Waals surface area contributed by atoms with Gasteiger partial charge in [0.05, 0.1) is 6.54 Å². The molecule has 1 aromatic carbocycles. The zero-order valence-corrected chi connectivity index (χ0v) is 14.9. The first-order valence-corrected chi connectivity index (χ1v) is 8.13. The Labute approximate surface area is 138 Å². The van der Waals surface area contributed by atoms with Crippen LogP contribution in [-0.2, 0) is 11.3 Å². The third-order valence-electron chi connectivity index (χ3n) is 3.94. The average molecular weight is 314 g/mol. The van der Waals surface area contributed by atoms with Gasteiger partial charge < -0.3 is 9.42 Å². The minimum absolute atomic E-state index is 0.0249. The van der Waals surface area contributed by atoms with Crippen molar-refractivity contribution in [3.05, 3.63) is 41.1 Å². The van der Waals surface area contributed by atoms with Gasteiger partial charge in [-0.2, -0.15) is 0 Å².